The molecule has 17 heavy (non-hydrogen) atoms. The second-order valence-corrected chi connectivity index (χ2v) is 4.16. The molecule has 0 amide bonds. The van der Waals surface area contributed by atoms with Crippen molar-refractivity contribution in [3.05, 3.63) is 24.3 Å². The molecule has 0 aromatic carbocycles. The molecule has 0 N–H and O–H groups in total. The topological polar surface area (TPSA) is 26.3 Å². The van der Waals surface area contributed by atoms with Crippen LogP contribution in [0, 0.1) is 0 Å². The van der Waals surface area contributed by atoms with Crippen LogP contribution in [0.15, 0.2) is 24.3 Å². The van der Waals surface area contributed by atoms with Crippen molar-refractivity contribution in [1.29, 1.82) is 0 Å². The van der Waals surface area contributed by atoms with Gasteiger partial charge in [-0.2, -0.15) is 0 Å². The highest BCUT2D eigenvalue weighted by Crippen LogP contribution is 2.08. The molecule has 0 atom stereocenters. The minimum absolute atomic E-state index is 0.0862. The molecule has 0 fully saturated rings. The number of ether oxygens (including phenoxy) is 1. The van der Waals surface area contributed by atoms with E-state index in [1.54, 1.807) is 0 Å². The Hall–Kier alpha value is -1.05. The minimum atomic E-state index is -0.0862. The maximum Gasteiger partial charge on any atom is 0.305 e. The Morgan fingerprint density at radius 1 is 1.00 bits per heavy atom. The molecule has 0 heterocycles. The van der Waals surface area contributed by atoms with E-state index < -0.39 is 0 Å². The number of carbonyl (C=O) groups is 1. The van der Waals surface area contributed by atoms with Gasteiger partial charge in [-0.1, -0.05) is 43.6 Å². The molecule has 0 aliphatic rings. The summed E-state index contributed by atoms with van der Waals surface area (Å²) in [6.45, 7) is 2.04. The Bertz CT molecular complexity index is 229. The van der Waals surface area contributed by atoms with Crippen LogP contribution in [-0.2, 0) is 9.53 Å². The summed E-state index contributed by atoms with van der Waals surface area (Å²) < 4.78 is 4.59. The third-order valence-corrected chi connectivity index (χ3v) is 2.65. The number of methoxy groups -OCH3 is 1. The Morgan fingerprint density at radius 3 is 2.41 bits per heavy atom. The smallest absolute Gasteiger partial charge is 0.305 e. The zero-order valence-electron chi connectivity index (χ0n) is 11.3. The van der Waals surface area contributed by atoms with Crippen LogP contribution in [0.3, 0.4) is 0 Å². The fourth-order valence-corrected chi connectivity index (χ4v) is 1.59. The molecule has 0 aliphatic heterocycles. The zero-order chi connectivity index (χ0) is 12.8. The van der Waals surface area contributed by atoms with Gasteiger partial charge in [-0.05, 0) is 32.6 Å². The molecule has 98 valence electrons. The van der Waals surface area contributed by atoms with Crippen LogP contribution in [0.4, 0.5) is 0 Å². The molecule has 0 rings (SSSR count). The van der Waals surface area contributed by atoms with Crippen LogP contribution in [0.1, 0.15) is 58.3 Å². The molecule has 0 aromatic heterocycles. The van der Waals surface area contributed by atoms with E-state index in [2.05, 4.69) is 29.0 Å². The summed E-state index contributed by atoms with van der Waals surface area (Å²) >= 11 is 0. The first kappa shape index (κ1) is 16.0. The van der Waals surface area contributed by atoms with Crippen LogP contribution >= 0.6 is 0 Å². The average Bonchev–Trinajstić information content (AvgIpc) is 2.35. The fourth-order valence-electron chi connectivity index (χ4n) is 1.59. The summed E-state index contributed by atoms with van der Waals surface area (Å²) in [5.74, 6) is -0.0862. The van der Waals surface area contributed by atoms with Crippen molar-refractivity contribution in [2.75, 3.05) is 7.11 Å². The standard InChI is InChI=1S/C15H26O2/c1-3-4-5-6-7-8-9-10-11-12-13-14-15(16)17-2/h3-4,6-7H,5,8-14H2,1-2H3. The Balaban J connectivity index is 3.13. The Kier molecular flexibility index (Phi) is 12.2. The van der Waals surface area contributed by atoms with Gasteiger partial charge in [0.05, 0.1) is 7.11 Å². The molecule has 0 aromatic rings. The highest BCUT2D eigenvalue weighted by molar-refractivity contribution is 5.68. The second kappa shape index (κ2) is 13.0. The van der Waals surface area contributed by atoms with Gasteiger partial charge in [0.15, 0.2) is 0 Å². The molecule has 2 heteroatoms. The van der Waals surface area contributed by atoms with E-state index in [9.17, 15) is 4.79 Å². The van der Waals surface area contributed by atoms with Crippen molar-refractivity contribution >= 4 is 5.97 Å². The van der Waals surface area contributed by atoms with E-state index in [-0.39, 0.29) is 5.97 Å². The molecular weight excluding hydrogens is 212 g/mol. The number of hydrogen-bond donors (Lipinski definition) is 0. The Labute approximate surface area is 106 Å². The lowest BCUT2D eigenvalue weighted by Crippen LogP contribution is -1.98. The van der Waals surface area contributed by atoms with Gasteiger partial charge < -0.3 is 4.74 Å². The van der Waals surface area contributed by atoms with E-state index in [4.69, 9.17) is 0 Å². The van der Waals surface area contributed by atoms with Gasteiger partial charge in [-0.25, -0.2) is 0 Å². The van der Waals surface area contributed by atoms with Crippen molar-refractivity contribution in [1.82, 2.24) is 0 Å². The van der Waals surface area contributed by atoms with Gasteiger partial charge in [-0.15, -0.1) is 0 Å². The quantitative estimate of drug-likeness (QED) is 0.320. The summed E-state index contributed by atoms with van der Waals surface area (Å²) in [5.41, 5.74) is 0. The molecule has 0 bridgehead atoms. The van der Waals surface area contributed by atoms with Crippen LogP contribution in [-0.4, -0.2) is 13.1 Å². The molecule has 0 aliphatic carbocycles. The molecule has 0 saturated heterocycles. The summed E-state index contributed by atoms with van der Waals surface area (Å²) in [4.78, 5) is 10.8. The number of carbonyl (C=O) groups excluding carboxylic acids is 1. The largest absolute Gasteiger partial charge is 0.469 e. The van der Waals surface area contributed by atoms with E-state index in [0.29, 0.717) is 6.42 Å². The number of unbranched alkanes of at least 4 members (excludes halogenated alkanes) is 5. The number of allylic oxidation sites excluding steroid dienone is 4. The molecule has 0 radical (unpaired) electrons. The third kappa shape index (κ3) is 12.9. The lowest BCUT2D eigenvalue weighted by Gasteiger charge is -1.99. The SMILES string of the molecule is CC=CCC=CCCCCCCCC(=O)OC. The zero-order valence-corrected chi connectivity index (χ0v) is 11.3. The average molecular weight is 238 g/mol. The third-order valence-electron chi connectivity index (χ3n) is 2.65. The molecular formula is C15H26O2. The number of rotatable bonds is 10. The molecule has 2 nitrogen and oxygen atoms in total. The molecule has 0 spiro atoms. The van der Waals surface area contributed by atoms with Gasteiger partial charge in [-0.3, -0.25) is 4.79 Å². The highest BCUT2D eigenvalue weighted by Gasteiger charge is 1.98. The van der Waals surface area contributed by atoms with E-state index in [1.807, 2.05) is 6.92 Å². The normalized spacial score (nSPS) is 11.4. The van der Waals surface area contributed by atoms with Gasteiger partial charge in [0.2, 0.25) is 0 Å². The first-order chi connectivity index (χ1) is 8.31. The van der Waals surface area contributed by atoms with Crippen molar-refractivity contribution in [2.45, 2.75) is 58.3 Å². The van der Waals surface area contributed by atoms with Crippen molar-refractivity contribution in [2.24, 2.45) is 0 Å². The predicted molar refractivity (Wildman–Crippen MR) is 72.9 cm³/mol. The summed E-state index contributed by atoms with van der Waals surface area (Å²) in [5, 5.41) is 0. The summed E-state index contributed by atoms with van der Waals surface area (Å²) in [6.07, 6.45) is 17.3. The maximum absolute atomic E-state index is 10.8. The summed E-state index contributed by atoms with van der Waals surface area (Å²) in [7, 11) is 1.45. The van der Waals surface area contributed by atoms with E-state index in [1.165, 1.54) is 32.8 Å². The van der Waals surface area contributed by atoms with Crippen LogP contribution < -0.4 is 0 Å². The van der Waals surface area contributed by atoms with Crippen molar-refractivity contribution in [3.63, 3.8) is 0 Å². The Morgan fingerprint density at radius 2 is 1.71 bits per heavy atom. The van der Waals surface area contributed by atoms with Gasteiger partial charge in [0.25, 0.3) is 0 Å². The lowest BCUT2D eigenvalue weighted by molar-refractivity contribution is -0.140. The van der Waals surface area contributed by atoms with Crippen molar-refractivity contribution < 1.29 is 9.53 Å². The second-order valence-electron chi connectivity index (χ2n) is 4.16. The van der Waals surface area contributed by atoms with E-state index in [0.717, 1.165) is 19.3 Å². The molecule has 0 unspecified atom stereocenters. The molecule has 0 saturated carbocycles. The van der Waals surface area contributed by atoms with E-state index >= 15 is 0 Å². The first-order valence-corrected chi connectivity index (χ1v) is 6.64. The minimum Gasteiger partial charge on any atom is -0.469 e. The van der Waals surface area contributed by atoms with Crippen LogP contribution in [0.2, 0.25) is 0 Å². The van der Waals surface area contributed by atoms with Crippen LogP contribution in [0.25, 0.3) is 0 Å². The monoisotopic (exact) mass is 238 g/mol. The number of esters is 1. The van der Waals surface area contributed by atoms with Gasteiger partial charge in [0.1, 0.15) is 0 Å². The maximum atomic E-state index is 10.8. The fraction of sp³-hybridized carbons (Fsp3) is 0.667. The predicted octanol–water partition coefficient (Wildman–Crippen LogP) is 4.41. The number of hydrogen-bond acceptors (Lipinski definition) is 2. The van der Waals surface area contributed by atoms with Gasteiger partial charge >= 0.3 is 5.97 Å². The van der Waals surface area contributed by atoms with Crippen molar-refractivity contribution in [3.8, 4) is 0 Å². The highest BCUT2D eigenvalue weighted by atomic mass is 16.5. The first-order valence-electron chi connectivity index (χ1n) is 6.64. The van der Waals surface area contributed by atoms with Gasteiger partial charge in [0, 0.05) is 6.42 Å². The summed E-state index contributed by atoms with van der Waals surface area (Å²) in [6, 6.07) is 0. The van der Waals surface area contributed by atoms with Crippen LogP contribution in [0.5, 0.6) is 0 Å². The lowest BCUT2D eigenvalue weighted by atomic mass is 10.1.